The number of carbonyl (C=O) groups excluding carboxylic acids is 1. The Kier molecular flexibility index (Phi) is 5.32. The van der Waals surface area contributed by atoms with Crippen LogP contribution in [0.4, 0.5) is 0 Å². The molecule has 66 valence electrons. The summed E-state index contributed by atoms with van der Waals surface area (Å²) in [7, 11) is 0. The van der Waals surface area contributed by atoms with E-state index in [2.05, 4.69) is 5.32 Å². The minimum absolute atomic E-state index is 0.0142. The van der Waals surface area contributed by atoms with Gasteiger partial charge in [-0.3, -0.25) is 4.79 Å². The largest absolute Gasteiger partial charge is 0.617 e. The van der Waals surface area contributed by atoms with Gasteiger partial charge in [0.2, 0.25) is 5.91 Å². The molecule has 3 nitrogen and oxygen atoms in total. The monoisotopic (exact) mass is 177 g/mol. The van der Waals surface area contributed by atoms with Gasteiger partial charge in [-0.1, -0.05) is 25.0 Å². The third kappa shape index (κ3) is 6.19. The normalized spacial score (nSPS) is 13.2. The van der Waals surface area contributed by atoms with Crippen LogP contribution < -0.4 is 5.32 Å². The van der Waals surface area contributed by atoms with E-state index in [1.807, 2.05) is 13.8 Å². The molecule has 0 spiro atoms. The standard InChI is InChI=1S/C7H15NO2S/c1-6(2)7(9)8-4-5-11(3)10/h6H,4-5H2,1-3H3,(H,8,9). The summed E-state index contributed by atoms with van der Waals surface area (Å²) in [5.74, 6) is 0.578. The summed E-state index contributed by atoms with van der Waals surface area (Å²) in [4.78, 5) is 10.9. The third-order valence-corrected chi connectivity index (χ3v) is 1.99. The average molecular weight is 177 g/mol. The van der Waals surface area contributed by atoms with Gasteiger partial charge < -0.3 is 9.87 Å². The lowest BCUT2D eigenvalue weighted by Crippen LogP contribution is -2.31. The van der Waals surface area contributed by atoms with Crippen molar-refractivity contribution in [3.05, 3.63) is 0 Å². The fourth-order valence-corrected chi connectivity index (χ4v) is 0.912. The zero-order valence-electron chi connectivity index (χ0n) is 7.22. The van der Waals surface area contributed by atoms with Gasteiger partial charge in [0.1, 0.15) is 5.75 Å². The summed E-state index contributed by atoms with van der Waals surface area (Å²) >= 11 is -0.810. The zero-order valence-corrected chi connectivity index (χ0v) is 8.03. The van der Waals surface area contributed by atoms with E-state index in [9.17, 15) is 9.35 Å². The highest BCUT2D eigenvalue weighted by Crippen LogP contribution is 1.90. The van der Waals surface area contributed by atoms with Crippen molar-refractivity contribution >= 4 is 17.1 Å². The summed E-state index contributed by atoms with van der Waals surface area (Å²) < 4.78 is 10.6. The van der Waals surface area contributed by atoms with Crippen molar-refractivity contribution in [2.24, 2.45) is 5.92 Å². The van der Waals surface area contributed by atoms with Crippen LogP contribution in [-0.4, -0.2) is 29.0 Å². The van der Waals surface area contributed by atoms with Crippen LogP contribution >= 0.6 is 0 Å². The number of rotatable bonds is 4. The van der Waals surface area contributed by atoms with Crippen molar-refractivity contribution < 1.29 is 9.35 Å². The van der Waals surface area contributed by atoms with Gasteiger partial charge in [-0.25, -0.2) is 0 Å². The molecule has 1 N–H and O–H groups in total. The first-order chi connectivity index (χ1) is 5.04. The quantitative estimate of drug-likeness (QED) is 0.621. The summed E-state index contributed by atoms with van der Waals surface area (Å²) in [6.45, 7) is 4.18. The second kappa shape index (κ2) is 5.43. The maximum Gasteiger partial charge on any atom is 0.222 e. The molecule has 0 aromatic heterocycles. The summed E-state index contributed by atoms with van der Waals surface area (Å²) in [5.41, 5.74) is 0. The smallest absolute Gasteiger partial charge is 0.222 e. The maximum absolute atomic E-state index is 10.9. The van der Waals surface area contributed by atoms with Crippen LogP contribution in [0, 0.1) is 5.92 Å². The number of nitrogens with one attached hydrogen (secondary N) is 1. The number of hydrogen-bond donors (Lipinski definition) is 1. The van der Waals surface area contributed by atoms with Gasteiger partial charge in [-0.2, -0.15) is 0 Å². The van der Waals surface area contributed by atoms with E-state index < -0.39 is 11.2 Å². The molecular weight excluding hydrogens is 162 g/mol. The predicted molar refractivity (Wildman–Crippen MR) is 46.8 cm³/mol. The molecule has 0 aromatic rings. The van der Waals surface area contributed by atoms with Gasteiger partial charge in [0.25, 0.3) is 0 Å². The molecular formula is C7H15NO2S. The number of amides is 1. The molecule has 0 rings (SSSR count). The fourth-order valence-electron chi connectivity index (χ4n) is 0.522. The van der Waals surface area contributed by atoms with Crippen molar-refractivity contribution in [2.75, 3.05) is 18.6 Å². The Labute approximate surface area is 70.7 Å². The Balaban J connectivity index is 3.32. The molecule has 1 amide bonds. The van der Waals surface area contributed by atoms with Crippen LogP contribution in [0.3, 0.4) is 0 Å². The molecule has 0 bridgehead atoms. The van der Waals surface area contributed by atoms with Crippen LogP contribution in [0.1, 0.15) is 13.8 Å². The molecule has 0 saturated carbocycles. The second-order valence-corrected chi connectivity index (χ2v) is 4.28. The zero-order chi connectivity index (χ0) is 8.85. The third-order valence-electron chi connectivity index (χ3n) is 1.21. The van der Waals surface area contributed by atoms with E-state index in [0.717, 1.165) is 0 Å². The fraction of sp³-hybridized carbons (Fsp3) is 0.857. The Morgan fingerprint density at radius 1 is 1.64 bits per heavy atom. The minimum atomic E-state index is -0.810. The van der Waals surface area contributed by atoms with Gasteiger partial charge in [-0.05, 0) is 0 Å². The van der Waals surface area contributed by atoms with E-state index in [1.54, 1.807) is 6.26 Å². The first-order valence-corrected chi connectivity index (χ1v) is 5.34. The Bertz CT molecular complexity index is 126. The van der Waals surface area contributed by atoms with Crippen LogP contribution in [-0.2, 0) is 16.0 Å². The van der Waals surface area contributed by atoms with Crippen molar-refractivity contribution in [2.45, 2.75) is 13.8 Å². The lowest BCUT2D eigenvalue weighted by atomic mass is 10.2. The Morgan fingerprint density at radius 2 is 2.18 bits per heavy atom. The summed E-state index contributed by atoms with van der Waals surface area (Å²) in [6, 6.07) is 0. The van der Waals surface area contributed by atoms with Gasteiger partial charge in [-0.15, -0.1) is 0 Å². The van der Waals surface area contributed by atoms with E-state index in [1.165, 1.54) is 0 Å². The molecule has 0 aliphatic heterocycles. The van der Waals surface area contributed by atoms with E-state index in [-0.39, 0.29) is 11.8 Å². The van der Waals surface area contributed by atoms with Gasteiger partial charge in [0, 0.05) is 5.92 Å². The van der Waals surface area contributed by atoms with E-state index in [0.29, 0.717) is 12.3 Å². The molecule has 0 heterocycles. The van der Waals surface area contributed by atoms with E-state index in [4.69, 9.17) is 0 Å². The predicted octanol–water partition coefficient (Wildman–Crippen LogP) is 0.137. The lowest BCUT2D eigenvalue weighted by Gasteiger charge is -2.08. The van der Waals surface area contributed by atoms with Crippen molar-refractivity contribution in [3.63, 3.8) is 0 Å². The highest BCUT2D eigenvalue weighted by molar-refractivity contribution is 7.90. The highest BCUT2D eigenvalue weighted by atomic mass is 32.2. The molecule has 0 aromatic carbocycles. The average Bonchev–Trinajstić information content (AvgIpc) is 1.86. The molecule has 4 heteroatoms. The first-order valence-electron chi connectivity index (χ1n) is 3.61. The van der Waals surface area contributed by atoms with Crippen molar-refractivity contribution in [1.82, 2.24) is 5.32 Å². The summed E-state index contributed by atoms with van der Waals surface area (Å²) in [6.07, 6.45) is 1.63. The summed E-state index contributed by atoms with van der Waals surface area (Å²) in [5, 5.41) is 2.68. The maximum atomic E-state index is 10.9. The number of hydrogen-bond acceptors (Lipinski definition) is 2. The van der Waals surface area contributed by atoms with Crippen LogP contribution in [0.15, 0.2) is 0 Å². The van der Waals surface area contributed by atoms with Crippen molar-refractivity contribution in [3.8, 4) is 0 Å². The SMILES string of the molecule is CC(C)C(=O)NCC[S+](C)[O-]. The molecule has 0 fully saturated rings. The minimum Gasteiger partial charge on any atom is -0.617 e. The lowest BCUT2D eigenvalue weighted by molar-refractivity contribution is -0.123. The van der Waals surface area contributed by atoms with Gasteiger partial charge in [0.15, 0.2) is 0 Å². The van der Waals surface area contributed by atoms with Crippen molar-refractivity contribution in [1.29, 1.82) is 0 Å². The molecule has 0 aliphatic carbocycles. The van der Waals surface area contributed by atoms with Gasteiger partial charge >= 0.3 is 0 Å². The topological polar surface area (TPSA) is 52.2 Å². The Morgan fingerprint density at radius 3 is 2.55 bits per heavy atom. The highest BCUT2D eigenvalue weighted by Gasteiger charge is 2.06. The van der Waals surface area contributed by atoms with Gasteiger partial charge in [0.05, 0.1) is 12.8 Å². The molecule has 1 atom stereocenters. The molecule has 0 radical (unpaired) electrons. The Hall–Kier alpha value is -0.220. The van der Waals surface area contributed by atoms with Crippen LogP contribution in [0.25, 0.3) is 0 Å². The van der Waals surface area contributed by atoms with Crippen LogP contribution in [0.5, 0.6) is 0 Å². The number of carbonyl (C=O) groups is 1. The molecule has 11 heavy (non-hydrogen) atoms. The first kappa shape index (κ1) is 10.8. The molecule has 0 aliphatic rings. The van der Waals surface area contributed by atoms with Crippen LogP contribution in [0.2, 0.25) is 0 Å². The second-order valence-electron chi connectivity index (χ2n) is 2.72. The molecule has 1 unspecified atom stereocenters. The molecule has 0 saturated heterocycles. The van der Waals surface area contributed by atoms with E-state index >= 15 is 0 Å².